The molecule has 0 fully saturated rings. The van der Waals surface area contributed by atoms with Gasteiger partial charge in [-0.2, -0.15) is 0 Å². The zero-order valence-electron chi connectivity index (χ0n) is 17.0. The molecule has 3 rings (SSSR count). The van der Waals surface area contributed by atoms with Gasteiger partial charge in [-0.05, 0) is 65.6 Å². The molecule has 0 atom stereocenters. The Labute approximate surface area is 179 Å². The Bertz CT molecular complexity index is 1130. The van der Waals surface area contributed by atoms with Gasteiger partial charge in [-0.3, -0.25) is 0 Å². The molecule has 158 valence electrons. The van der Waals surface area contributed by atoms with E-state index in [1.165, 1.54) is 36.4 Å². The molecule has 0 aliphatic rings. The third-order valence-corrected chi connectivity index (χ3v) is 4.41. The SMILES string of the molecule is C=C(C)/C=C\C(=C)c1ccc(OCOc2ccc(-c3ccc(F)cc3)cc2F)c(F)c1. The second-order valence-electron chi connectivity index (χ2n) is 6.91. The summed E-state index contributed by atoms with van der Waals surface area (Å²) in [6, 6.07) is 14.5. The number of halogens is 3. The fraction of sp³-hybridized carbons (Fsp3) is 0.0769. The van der Waals surface area contributed by atoms with Gasteiger partial charge < -0.3 is 9.47 Å². The van der Waals surface area contributed by atoms with Gasteiger partial charge in [0.1, 0.15) is 5.82 Å². The first-order valence-corrected chi connectivity index (χ1v) is 9.47. The molecule has 0 heterocycles. The van der Waals surface area contributed by atoms with E-state index < -0.39 is 11.6 Å². The van der Waals surface area contributed by atoms with Crippen molar-refractivity contribution < 1.29 is 22.6 Å². The van der Waals surface area contributed by atoms with Crippen LogP contribution >= 0.6 is 0 Å². The van der Waals surface area contributed by atoms with Gasteiger partial charge in [0.2, 0.25) is 6.79 Å². The zero-order valence-corrected chi connectivity index (χ0v) is 17.0. The van der Waals surface area contributed by atoms with Crippen LogP contribution in [-0.4, -0.2) is 6.79 Å². The minimum atomic E-state index is -0.609. The predicted octanol–water partition coefficient (Wildman–Crippen LogP) is 7.33. The van der Waals surface area contributed by atoms with Gasteiger partial charge in [0.25, 0.3) is 0 Å². The second kappa shape index (κ2) is 9.85. The van der Waals surface area contributed by atoms with Gasteiger partial charge in [-0.25, -0.2) is 13.2 Å². The normalized spacial score (nSPS) is 10.8. The lowest BCUT2D eigenvalue weighted by molar-refractivity contribution is 0.111. The third kappa shape index (κ3) is 5.89. The van der Waals surface area contributed by atoms with Crippen LogP contribution in [0.3, 0.4) is 0 Å². The molecule has 0 aliphatic carbocycles. The highest BCUT2D eigenvalue weighted by Gasteiger charge is 2.09. The van der Waals surface area contributed by atoms with Crippen LogP contribution in [0.5, 0.6) is 11.5 Å². The summed E-state index contributed by atoms with van der Waals surface area (Å²) < 4.78 is 52.3. The molecule has 0 spiro atoms. The monoisotopic (exact) mass is 422 g/mol. The smallest absolute Gasteiger partial charge is 0.231 e. The second-order valence-corrected chi connectivity index (χ2v) is 6.91. The van der Waals surface area contributed by atoms with Crippen molar-refractivity contribution >= 4 is 5.57 Å². The van der Waals surface area contributed by atoms with E-state index in [9.17, 15) is 13.2 Å². The van der Waals surface area contributed by atoms with Crippen molar-refractivity contribution in [2.24, 2.45) is 0 Å². The molecule has 2 nitrogen and oxygen atoms in total. The van der Waals surface area contributed by atoms with Gasteiger partial charge in [-0.15, -0.1) is 0 Å². The summed E-state index contributed by atoms with van der Waals surface area (Å²) in [5, 5.41) is 0. The van der Waals surface area contributed by atoms with E-state index in [4.69, 9.17) is 9.47 Å². The first kappa shape index (κ1) is 22.0. The largest absolute Gasteiger partial charge is 0.454 e. The van der Waals surface area contributed by atoms with Crippen LogP contribution in [0.15, 0.2) is 91.5 Å². The molecule has 0 saturated heterocycles. The minimum absolute atomic E-state index is 0.0243. The molecule has 3 aromatic carbocycles. The standard InChI is InChI=1S/C26H21F3O2/c1-17(2)4-5-18(3)20-8-12-25(23(28)14-20)30-16-31-26-13-9-21(15-24(26)29)19-6-10-22(27)11-7-19/h4-15H,1,3,16H2,2H3/b5-4-. The van der Waals surface area contributed by atoms with Gasteiger partial charge in [0.15, 0.2) is 23.1 Å². The van der Waals surface area contributed by atoms with Crippen LogP contribution in [0.2, 0.25) is 0 Å². The lowest BCUT2D eigenvalue weighted by Crippen LogP contribution is -2.08. The molecule has 0 amide bonds. The first-order chi connectivity index (χ1) is 14.8. The maximum atomic E-state index is 14.3. The Morgan fingerprint density at radius 3 is 1.94 bits per heavy atom. The summed E-state index contributed by atoms with van der Waals surface area (Å²) in [5.74, 6) is -1.63. The maximum Gasteiger partial charge on any atom is 0.231 e. The van der Waals surface area contributed by atoms with Gasteiger partial charge in [0.05, 0.1) is 0 Å². The van der Waals surface area contributed by atoms with E-state index in [1.807, 2.05) is 6.92 Å². The average molecular weight is 422 g/mol. The quantitative estimate of drug-likeness (QED) is 0.279. The molecule has 31 heavy (non-hydrogen) atoms. The minimum Gasteiger partial charge on any atom is -0.454 e. The van der Waals surface area contributed by atoms with Crippen molar-refractivity contribution in [1.29, 1.82) is 0 Å². The molecule has 0 aliphatic heterocycles. The molecule has 0 aromatic heterocycles. The Balaban J connectivity index is 1.61. The molecule has 5 heteroatoms. The van der Waals surface area contributed by atoms with Crippen LogP contribution in [-0.2, 0) is 0 Å². The highest BCUT2D eigenvalue weighted by atomic mass is 19.1. The van der Waals surface area contributed by atoms with E-state index in [-0.39, 0.29) is 24.1 Å². The van der Waals surface area contributed by atoms with Gasteiger partial charge >= 0.3 is 0 Å². The lowest BCUT2D eigenvalue weighted by Gasteiger charge is -2.12. The van der Waals surface area contributed by atoms with E-state index in [1.54, 1.807) is 36.4 Å². The highest BCUT2D eigenvalue weighted by molar-refractivity contribution is 5.72. The summed E-state index contributed by atoms with van der Waals surface area (Å²) in [4.78, 5) is 0. The number of allylic oxidation sites excluding steroid dienone is 4. The molecular weight excluding hydrogens is 401 g/mol. The van der Waals surface area contributed by atoms with Crippen molar-refractivity contribution in [2.75, 3.05) is 6.79 Å². The van der Waals surface area contributed by atoms with Gasteiger partial charge in [0, 0.05) is 0 Å². The lowest BCUT2D eigenvalue weighted by atomic mass is 10.1. The molecule has 0 saturated carbocycles. The van der Waals surface area contributed by atoms with Crippen LogP contribution in [0.1, 0.15) is 12.5 Å². The Kier molecular flexibility index (Phi) is 6.98. The maximum absolute atomic E-state index is 14.3. The van der Waals surface area contributed by atoms with E-state index in [0.717, 1.165) is 5.57 Å². The van der Waals surface area contributed by atoms with Crippen LogP contribution < -0.4 is 9.47 Å². The topological polar surface area (TPSA) is 18.5 Å². The number of hydrogen-bond donors (Lipinski definition) is 0. The summed E-state index contributed by atoms with van der Waals surface area (Å²) in [5.41, 5.74) is 3.34. The molecule has 0 radical (unpaired) electrons. The first-order valence-electron chi connectivity index (χ1n) is 9.47. The van der Waals surface area contributed by atoms with E-state index in [2.05, 4.69) is 13.2 Å². The molecule has 3 aromatic rings. The van der Waals surface area contributed by atoms with Crippen molar-refractivity contribution in [1.82, 2.24) is 0 Å². The number of ether oxygens (including phenoxy) is 2. The van der Waals surface area contributed by atoms with Crippen LogP contribution in [0, 0.1) is 17.5 Å². The Hall–Kier alpha value is -3.73. The fourth-order valence-electron chi connectivity index (χ4n) is 2.75. The molecule has 0 unspecified atom stereocenters. The number of hydrogen-bond acceptors (Lipinski definition) is 2. The summed E-state index contributed by atoms with van der Waals surface area (Å²) >= 11 is 0. The Morgan fingerprint density at radius 2 is 1.35 bits per heavy atom. The van der Waals surface area contributed by atoms with Crippen molar-refractivity contribution in [3.63, 3.8) is 0 Å². The predicted molar refractivity (Wildman–Crippen MR) is 117 cm³/mol. The fourth-order valence-corrected chi connectivity index (χ4v) is 2.75. The Morgan fingerprint density at radius 1 is 0.774 bits per heavy atom. The summed E-state index contributed by atoms with van der Waals surface area (Å²) in [7, 11) is 0. The van der Waals surface area contributed by atoms with E-state index in [0.29, 0.717) is 22.3 Å². The molecular formula is C26H21F3O2. The average Bonchev–Trinajstić information content (AvgIpc) is 2.74. The van der Waals surface area contributed by atoms with E-state index >= 15 is 0 Å². The van der Waals surface area contributed by atoms with Crippen LogP contribution in [0.4, 0.5) is 13.2 Å². The zero-order chi connectivity index (χ0) is 22.4. The molecule has 0 N–H and O–H groups in total. The third-order valence-electron chi connectivity index (χ3n) is 4.41. The summed E-state index contributed by atoms with van der Waals surface area (Å²) in [6.07, 6.45) is 3.54. The highest BCUT2D eigenvalue weighted by Crippen LogP contribution is 2.27. The number of rotatable bonds is 8. The number of benzene rings is 3. The van der Waals surface area contributed by atoms with Crippen molar-refractivity contribution in [3.05, 3.63) is 115 Å². The van der Waals surface area contributed by atoms with Crippen LogP contribution in [0.25, 0.3) is 16.7 Å². The van der Waals surface area contributed by atoms with Crippen molar-refractivity contribution in [3.8, 4) is 22.6 Å². The van der Waals surface area contributed by atoms with Gasteiger partial charge in [-0.1, -0.05) is 55.1 Å². The molecule has 0 bridgehead atoms. The summed E-state index contributed by atoms with van der Waals surface area (Å²) in [6.45, 7) is 9.13. The van der Waals surface area contributed by atoms with Crippen molar-refractivity contribution in [2.45, 2.75) is 6.92 Å².